The van der Waals surface area contributed by atoms with Gasteiger partial charge in [0.25, 0.3) is 5.91 Å². The van der Waals surface area contributed by atoms with Crippen LogP contribution in [0.3, 0.4) is 0 Å². The number of rotatable bonds is 8. The van der Waals surface area contributed by atoms with E-state index in [0.29, 0.717) is 11.5 Å². The zero-order valence-corrected chi connectivity index (χ0v) is 17.2. The molecule has 0 saturated heterocycles. The molecule has 0 bridgehead atoms. The number of hydrogen-bond donors (Lipinski definition) is 1. The van der Waals surface area contributed by atoms with Crippen molar-refractivity contribution in [1.82, 2.24) is 9.97 Å². The van der Waals surface area contributed by atoms with Crippen molar-refractivity contribution in [2.24, 2.45) is 0 Å². The fourth-order valence-corrected chi connectivity index (χ4v) is 3.24. The molecule has 6 heteroatoms. The van der Waals surface area contributed by atoms with Gasteiger partial charge in [0.1, 0.15) is 17.8 Å². The second kappa shape index (κ2) is 9.68. The van der Waals surface area contributed by atoms with E-state index in [0.717, 1.165) is 36.7 Å². The summed E-state index contributed by atoms with van der Waals surface area (Å²) in [5, 5.41) is 2.92. The van der Waals surface area contributed by atoms with Gasteiger partial charge in [0, 0.05) is 42.8 Å². The van der Waals surface area contributed by atoms with Crippen LogP contribution >= 0.6 is 0 Å². The summed E-state index contributed by atoms with van der Waals surface area (Å²) >= 11 is 0. The minimum atomic E-state index is -0.256. The molecule has 0 aliphatic carbocycles. The Morgan fingerprint density at radius 3 is 2.17 bits per heavy atom. The topological polar surface area (TPSA) is 61.4 Å². The minimum absolute atomic E-state index is 0.256. The van der Waals surface area contributed by atoms with Gasteiger partial charge in [0.15, 0.2) is 0 Å². The van der Waals surface area contributed by atoms with Crippen molar-refractivity contribution in [3.8, 4) is 0 Å². The highest BCUT2D eigenvalue weighted by Crippen LogP contribution is 2.23. The summed E-state index contributed by atoms with van der Waals surface area (Å²) in [5.41, 5.74) is 3.23. The van der Waals surface area contributed by atoms with Gasteiger partial charge >= 0.3 is 0 Å². The van der Waals surface area contributed by atoms with Crippen molar-refractivity contribution >= 4 is 28.8 Å². The number of hydrogen-bond acceptors (Lipinski definition) is 5. The highest BCUT2D eigenvalue weighted by Gasteiger charge is 2.14. The molecule has 0 spiro atoms. The number of carbonyl (C=O) groups is 1. The first-order valence-corrected chi connectivity index (χ1v) is 9.97. The molecule has 1 N–H and O–H groups in total. The lowest BCUT2D eigenvalue weighted by atomic mass is 10.2. The summed E-state index contributed by atoms with van der Waals surface area (Å²) in [4.78, 5) is 25.5. The van der Waals surface area contributed by atoms with Crippen LogP contribution in [0.2, 0.25) is 0 Å². The van der Waals surface area contributed by atoms with Crippen LogP contribution < -0.4 is 15.1 Å². The lowest BCUT2D eigenvalue weighted by Gasteiger charge is -2.22. The molecule has 0 aliphatic rings. The molecule has 6 nitrogen and oxygen atoms in total. The predicted octanol–water partition coefficient (Wildman–Crippen LogP) is 4.73. The maximum Gasteiger partial charge on any atom is 0.274 e. The van der Waals surface area contributed by atoms with Gasteiger partial charge in [-0.2, -0.15) is 0 Å². The van der Waals surface area contributed by atoms with Crippen molar-refractivity contribution in [3.05, 3.63) is 72.7 Å². The zero-order chi connectivity index (χ0) is 20.6. The molecule has 0 aliphatic heterocycles. The van der Waals surface area contributed by atoms with Gasteiger partial charge in [-0.3, -0.25) is 4.79 Å². The summed E-state index contributed by atoms with van der Waals surface area (Å²) in [5.74, 6) is 0.434. The third kappa shape index (κ3) is 4.90. The second-order valence-corrected chi connectivity index (χ2v) is 6.51. The number of nitrogens with one attached hydrogen (secondary N) is 1. The molecule has 3 rings (SSSR count). The molecule has 1 heterocycles. The standard InChI is InChI=1S/C23H27N5O/c1-4-27(5-2)19-14-12-18(13-15-19)26-23(29)21-16-22(25-17-24-21)28(6-3)20-10-8-7-9-11-20/h7-17H,4-6H2,1-3H3,(H,26,29). The molecule has 2 aromatic carbocycles. The largest absolute Gasteiger partial charge is 0.372 e. The molecule has 1 aromatic heterocycles. The molecule has 0 saturated carbocycles. The highest BCUT2D eigenvalue weighted by molar-refractivity contribution is 6.03. The number of anilines is 4. The lowest BCUT2D eigenvalue weighted by molar-refractivity contribution is 0.102. The van der Waals surface area contributed by atoms with Gasteiger partial charge in [0.2, 0.25) is 0 Å². The monoisotopic (exact) mass is 389 g/mol. The molecule has 150 valence electrons. The Labute approximate surface area is 172 Å². The Balaban J connectivity index is 1.76. The Morgan fingerprint density at radius 2 is 1.55 bits per heavy atom. The third-order valence-corrected chi connectivity index (χ3v) is 4.80. The van der Waals surface area contributed by atoms with Crippen molar-refractivity contribution in [1.29, 1.82) is 0 Å². The smallest absolute Gasteiger partial charge is 0.274 e. The van der Waals surface area contributed by atoms with Crippen molar-refractivity contribution in [2.45, 2.75) is 20.8 Å². The average molecular weight is 390 g/mol. The van der Waals surface area contributed by atoms with Crippen LogP contribution in [0.1, 0.15) is 31.3 Å². The number of para-hydroxylation sites is 1. The highest BCUT2D eigenvalue weighted by atomic mass is 16.1. The molecule has 0 fully saturated rings. The number of aromatic nitrogens is 2. The maximum absolute atomic E-state index is 12.7. The van der Waals surface area contributed by atoms with Crippen LogP contribution in [-0.4, -0.2) is 35.5 Å². The lowest BCUT2D eigenvalue weighted by Crippen LogP contribution is -2.21. The average Bonchev–Trinajstić information content (AvgIpc) is 2.77. The Kier molecular flexibility index (Phi) is 6.79. The van der Waals surface area contributed by atoms with E-state index >= 15 is 0 Å². The summed E-state index contributed by atoms with van der Waals surface area (Å²) in [6.45, 7) is 8.92. The molecule has 29 heavy (non-hydrogen) atoms. The van der Waals surface area contributed by atoms with E-state index < -0.39 is 0 Å². The van der Waals surface area contributed by atoms with Crippen molar-refractivity contribution in [3.63, 3.8) is 0 Å². The molecule has 1 amide bonds. The van der Waals surface area contributed by atoms with Gasteiger partial charge in [-0.05, 0) is 57.2 Å². The SMILES string of the molecule is CCN(CC)c1ccc(NC(=O)c2cc(N(CC)c3ccccc3)ncn2)cc1. The van der Waals surface area contributed by atoms with Gasteiger partial charge in [-0.1, -0.05) is 18.2 Å². The van der Waals surface area contributed by atoms with E-state index in [-0.39, 0.29) is 5.91 Å². The predicted molar refractivity (Wildman–Crippen MR) is 119 cm³/mol. The van der Waals surface area contributed by atoms with E-state index in [2.05, 4.69) is 34.0 Å². The van der Waals surface area contributed by atoms with E-state index in [1.165, 1.54) is 6.33 Å². The van der Waals surface area contributed by atoms with Crippen LogP contribution in [0.25, 0.3) is 0 Å². The zero-order valence-electron chi connectivity index (χ0n) is 17.2. The number of carbonyl (C=O) groups excluding carboxylic acids is 1. The third-order valence-electron chi connectivity index (χ3n) is 4.80. The summed E-state index contributed by atoms with van der Waals surface area (Å²) in [6, 6.07) is 19.5. The molecular weight excluding hydrogens is 362 g/mol. The summed E-state index contributed by atoms with van der Waals surface area (Å²) < 4.78 is 0. The Hall–Kier alpha value is -3.41. The fraction of sp³-hybridized carbons (Fsp3) is 0.261. The minimum Gasteiger partial charge on any atom is -0.372 e. The van der Waals surface area contributed by atoms with E-state index in [4.69, 9.17) is 0 Å². The van der Waals surface area contributed by atoms with Gasteiger partial charge < -0.3 is 15.1 Å². The Bertz CT molecular complexity index is 924. The number of nitrogens with zero attached hydrogens (tertiary/aromatic N) is 4. The van der Waals surface area contributed by atoms with Crippen LogP contribution in [0.15, 0.2) is 67.0 Å². The molecule has 0 radical (unpaired) electrons. The van der Waals surface area contributed by atoms with E-state index in [1.807, 2.05) is 66.4 Å². The van der Waals surface area contributed by atoms with Crippen molar-refractivity contribution < 1.29 is 4.79 Å². The van der Waals surface area contributed by atoms with Gasteiger partial charge in [-0.15, -0.1) is 0 Å². The van der Waals surface area contributed by atoms with Crippen molar-refractivity contribution in [2.75, 3.05) is 34.8 Å². The normalized spacial score (nSPS) is 10.4. The Morgan fingerprint density at radius 1 is 0.862 bits per heavy atom. The fourth-order valence-electron chi connectivity index (χ4n) is 3.24. The summed E-state index contributed by atoms with van der Waals surface area (Å²) in [6.07, 6.45) is 1.43. The number of benzene rings is 2. The molecule has 3 aromatic rings. The van der Waals surface area contributed by atoms with Crippen LogP contribution in [0.4, 0.5) is 22.9 Å². The van der Waals surface area contributed by atoms with Gasteiger partial charge in [-0.25, -0.2) is 9.97 Å². The van der Waals surface area contributed by atoms with Crippen LogP contribution in [-0.2, 0) is 0 Å². The maximum atomic E-state index is 12.7. The second-order valence-electron chi connectivity index (χ2n) is 6.51. The quantitative estimate of drug-likeness (QED) is 0.603. The van der Waals surface area contributed by atoms with E-state index in [9.17, 15) is 4.79 Å². The first-order chi connectivity index (χ1) is 14.2. The molecule has 0 atom stereocenters. The van der Waals surface area contributed by atoms with Crippen LogP contribution in [0, 0.1) is 0 Å². The van der Waals surface area contributed by atoms with Gasteiger partial charge in [0.05, 0.1) is 0 Å². The first kappa shape index (κ1) is 20.3. The van der Waals surface area contributed by atoms with Crippen LogP contribution in [0.5, 0.6) is 0 Å². The first-order valence-electron chi connectivity index (χ1n) is 9.97. The van der Waals surface area contributed by atoms with E-state index in [1.54, 1.807) is 6.07 Å². The summed E-state index contributed by atoms with van der Waals surface area (Å²) in [7, 11) is 0. The molecule has 0 unspecified atom stereocenters. The molecular formula is C23H27N5O. The number of amides is 1.